The van der Waals surface area contributed by atoms with E-state index in [0.29, 0.717) is 21.6 Å². The van der Waals surface area contributed by atoms with Gasteiger partial charge in [-0.05, 0) is 43.2 Å². The van der Waals surface area contributed by atoms with E-state index in [1.165, 1.54) is 11.8 Å². The molecule has 0 bridgehead atoms. The quantitative estimate of drug-likeness (QED) is 0.550. The van der Waals surface area contributed by atoms with Gasteiger partial charge >= 0.3 is 0 Å². The predicted molar refractivity (Wildman–Crippen MR) is 120 cm³/mol. The summed E-state index contributed by atoms with van der Waals surface area (Å²) >= 11 is 7.56. The Bertz CT molecular complexity index is 1040. The van der Waals surface area contributed by atoms with Crippen LogP contribution in [-0.2, 0) is 4.79 Å². The fourth-order valence-electron chi connectivity index (χ4n) is 3.35. The first-order chi connectivity index (χ1) is 14.6. The Morgan fingerprint density at radius 2 is 1.97 bits per heavy atom. The first-order valence-electron chi connectivity index (χ1n) is 9.67. The molecule has 4 rings (SSSR count). The molecule has 0 spiro atoms. The van der Waals surface area contributed by atoms with Crippen LogP contribution in [0.1, 0.15) is 12.8 Å². The lowest BCUT2D eigenvalue weighted by atomic mass is 10.3. The number of carbonyl (C=O) groups excluding carboxylic acids is 1. The van der Waals surface area contributed by atoms with E-state index in [1.807, 2.05) is 47.0 Å². The molecule has 0 atom stereocenters. The highest BCUT2D eigenvalue weighted by Gasteiger charge is 2.23. The molecule has 1 N–H and O–H groups in total. The van der Waals surface area contributed by atoms with E-state index < -0.39 is 0 Å². The summed E-state index contributed by atoms with van der Waals surface area (Å²) in [4.78, 5) is 14.7. The molecule has 0 saturated carbocycles. The van der Waals surface area contributed by atoms with Gasteiger partial charge in [-0.3, -0.25) is 9.36 Å². The van der Waals surface area contributed by atoms with Crippen molar-refractivity contribution in [3.8, 4) is 11.4 Å². The zero-order chi connectivity index (χ0) is 20.9. The lowest BCUT2D eigenvalue weighted by Crippen LogP contribution is -2.22. The molecule has 156 valence electrons. The Labute approximate surface area is 184 Å². The number of benzene rings is 2. The molecule has 0 unspecified atom stereocenters. The maximum atomic E-state index is 12.5. The minimum absolute atomic E-state index is 0.128. The molecule has 2 heterocycles. The number of nitrogens with zero attached hydrogens (tertiary/aromatic N) is 4. The summed E-state index contributed by atoms with van der Waals surface area (Å²) in [5.41, 5.74) is 1.57. The number of amides is 1. The van der Waals surface area contributed by atoms with Crippen LogP contribution in [0.4, 0.5) is 11.6 Å². The summed E-state index contributed by atoms with van der Waals surface area (Å²) < 4.78 is 7.17. The molecule has 7 nitrogen and oxygen atoms in total. The summed E-state index contributed by atoms with van der Waals surface area (Å²) in [5, 5.41) is 13.0. The van der Waals surface area contributed by atoms with Gasteiger partial charge in [-0.25, -0.2) is 0 Å². The van der Waals surface area contributed by atoms with E-state index >= 15 is 0 Å². The summed E-state index contributed by atoms with van der Waals surface area (Å²) in [6.07, 6.45) is 2.27. The lowest BCUT2D eigenvalue weighted by Gasteiger charge is -2.18. The number of hydrogen-bond acceptors (Lipinski definition) is 6. The Morgan fingerprint density at radius 1 is 1.17 bits per heavy atom. The van der Waals surface area contributed by atoms with Crippen LogP contribution in [0.5, 0.6) is 5.75 Å². The number of hydrogen-bond donors (Lipinski definition) is 1. The van der Waals surface area contributed by atoms with E-state index in [4.69, 9.17) is 16.3 Å². The summed E-state index contributed by atoms with van der Waals surface area (Å²) in [5.74, 6) is 1.55. The lowest BCUT2D eigenvalue weighted by molar-refractivity contribution is -0.113. The number of anilines is 2. The number of rotatable bonds is 7. The molecule has 1 aromatic heterocycles. The second-order valence-electron chi connectivity index (χ2n) is 6.86. The highest BCUT2D eigenvalue weighted by molar-refractivity contribution is 7.99. The molecule has 2 aromatic carbocycles. The smallest absolute Gasteiger partial charge is 0.234 e. The van der Waals surface area contributed by atoms with Gasteiger partial charge in [0.25, 0.3) is 0 Å². The van der Waals surface area contributed by atoms with Crippen LogP contribution >= 0.6 is 23.4 Å². The molecule has 30 heavy (non-hydrogen) atoms. The zero-order valence-electron chi connectivity index (χ0n) is 16.5. The maximum Gasteiger partial charge on any atom is 0.234 e. The van der Waals surface area contributed by atoms with Crippen molar-refractivity contribution < 1.29 is 9.53 Å². The van der Waals surface area contributed by atoms with Gasteiger partial charge in [-0.15, -0.1) is 10.2 Å². The van der Waals surface area contributed by atoms with E-state index in [9.17, 15) is 4.79 Å². The monoisotopic (exact) mass is 443 g/mol. The molecule has 1 aliphatic heterocycles. The summed E-state index contributed by atoms with van der Waals surface area (Å²) in [7, 11) is 1.59. The van der Waals surface area contributed by atoms with Crippen molar-refractivity contribution in [2.45, 2.75) is 18.0 Å². The Hall–Kier alpha value is -2.71. The summed E-state index contributed by atoms with van der Waals surface area (Å²) in [6.45, 7) is 1.89. The highest BCUT2D eigenvalue weighted by atomic mass is 35.5. The predicted octanol–water partition coefficient (Wildman–Crippen LogP) is 4.26. The third-order valence-corrected chi connectivity index (χ3v) is 5.92. The fourth-order valence-corrected chi connectivity index (χ4v) is 4.28. The average molecular weight is 444 g/mol. The standard InChI is InChI=1S/C21H22ClN5O2S/c1-29-18-9-5-7-16(13-18)23-19(28)14-30-21-25-24-20(26-10-2-3-11-26)27(21)17-8-4-6-15(22)12-17/h4-9,12-13H,2-3,10-11,14H2,1H3,(H,23,28). The third kappa shape index (κ3) is 4.71. The molecule has 9 heteroatoms. The Balaban J connectivity index is 1.52. The topological polar surface area (TPSA) is 72.3 Å². The van der Waals surface area contributed by atoms with Gasteiger partial charge in [-0.2, -0.15) is 0 Å². The van der Waals surface area contributed by atoms with Gasteiger partial charge in [0, 0.05) is 29.9 Å². The SMILES string of the molecule is COc1cccc(NC(=O)CSc2nnc(N3CCCC3)n2-c2cccc(Cl)c2)c1. The third-order valence-electron chi connectivity index (χ3n) is 4.76. The minimum atomic E-state index is -0.128. The van der Waals surface area contributed by atoms with Gasteiger partial charge in [0.1, 0.15) is 5.75 Å². The Kier molecular flexibility index (Phi) is 6.44. The van der Waals surface area contributed by atoms with Crippen LogP contribution < -0.4 is 15.0 Å². The van der Waals surface area contributed by atoms with Gasteiger partial charge in [0.15, 0.2) is 5.16 Å². The largest absolute Gasteiger partial charge is 0.497 e. The number of carbonyl (C=O) groups is 1. The first kappa shape index (κ1) is 20.6. The van der Waals surface area contributed by atoms with Gasteiger partial charge < -0.3 is 15.0 Å². The van der Waals surface area contributed by atoms with E-state index in [0.717, 1.165) is 37.6 Å². The van der Waals surface area contributed by atoms with Crippen LogP contribution in [0.3, 0.4) is 0 Å². The van der Waals surface area contributed by atoms with Crippen molar-refractivity contribution in [2.24, 2.45) is 0 Å². The molecule has 0 aliphatic carbocycles. The molecule has 3 aromatic rings. The van der Waals surface area contributed by atoms with Gasteiger partial charge in [0.2, 0.25) is 11.9 Å². The van der Waals surface area contributed by atoms with Crippen LogP contribution in [0.15, 0.2) is 53.7 Å². The van der Waals surface area contributed by atoms with Crippen molar-refractivity contribution in [1.82, 2.24) is 14.8 Å². The molecule has 0 radical (unpaired) electrons. The number of nitrogens with one attached hydrogen (secondary N) is 1. The van der Waals surface area contributed by atoms with Crippen molar-refractivity contribution in [2.75, 3.05) is 36.2 Å². The van der Waals surface area contributed by atoms with Crippen LogP contribution in [0.2, 0.25) is 5.02 Å². The van der Waals surface area contributed by atoms with Crippen molar-refractivity contribution in [1.29, 1.82) is 0 Å². The molecule has 1 saturated heterocycles. The number of ether oxygens (including phenoxy) is 1. The molecule has 1 amide bonds. The van der Waals surface area contributed by atoms with E-state index in [1.54, 1.807) is 13.2 Å². The zero-order valence-corrected chi connectivity index (χ0v) is 18.1. The van der Waals surface area contributed by atoms with Crippen LogP contribution in [-0.4, -0.2) is 46.6 Å². The normalized spacial score (nSPS) is 13.5. The van der Waals surface area contributed by atoms with E-state index in [2.05, 4.69) is 20.4 Å². The van der Waals surface area contributed by atoms with Gasteiger partial charge in [-0.1, -0.05) is 35.5 Å². The average Bonchev–Trinajstić information content (AvgIpc) is 3.42. The second kappa shape index (κ2) is 9.40. The number of thioether (sulfide) groups is 1. The van der Waals surface area contributed by atoms with E-state index in [-0.39, 0.29) is 11.7 Å². The minimum Gasteiger partial charge on any atom is -0.497 e. The van der Waals surface area contributed by atoms with Gasteiger partial charge in [0.05, 0.1) is 18.6 Å². The van der Waals surface area contributed by atoms with Crippen molar-refractivity contribution in [3.63, 3.8) is 0 Å². The maximum absolute atomic E-state index is 12.5. The molecule has 1 aliphatic rings. The molecular formula is C21H22ClN5O2S. The summed E-state index contributed by atoms with van der Waals surface area (Å²) in [6, 6.07) is 14.8. The van der Waals surface area contributed by atoms with Crippen LogP contribution in [0, 0.1) is 0 Å². The number of methoxy groups -OCH3 is 1. The Morgan fingerprint density at radius 3 is 2.73 bits per heavy atom. The number of aromatic nitrogens is 3. The highest BCUT2D eigenvalue weighted by Crippen LogP contribution is 2.29. The molecule has 1 fully saturated rings. The fraction of sp³-hybridized carbons (Fsp3) is 0.286. The van der Waals surface area contributed by atoms with Crippen molar-refractivity contribution >= 4 is 40.9 Å². The first-order valence-corrected chi connectivity index (χ1v) is 11.0. The van der Waals surface area contributed by atoms with Crippen molar-refractivity contribution in [3.05, 3.63) is 53.6 Å². The number of halogens is 1. The van der Waals surface area contributed by atoms with Crippen LogP contribution in [0.25, 0.3) is 5.69 Å². The second-order valence-corrected chi connectivity index (χ2v) is 8.24. The molecular weight excluding hydrogens is 422 g/mol.